The van der Waals surface area contributed by atoms with Crippen molar-refractivity contribution in [2.75, 3.05) is 0 Å². The summed E-state index contributed by atoms with van der Waals surface area (Å²) in [7, 11) is 0. The molecule has 0 aromatic carbocycles. The molecule has 0 aliphatic heterocycles. The number of hydrogen-bond donors (Lipinski definition) is 0. The Morgan fingerprint density at radius 1 is 1.46 bits per heavy atom. The van der Waals surface area contributed by atoms with Gasteiger partial charge < -0.3 is 0 Å². The highest BCUT2D eigenvalue weighted by molar-refractivity contribution is 5.21. The Hall–Kier alpha value is -0.260. The van der Waals surface area contributed by atoms with E-state index in [1.165, 1.54) is 38.5 Å². The molecule has 1 saturated carbocycles. The predicted octanol–water partition coefficient (Wildman–Crippen LogP) is 4.17. The van der Waals surface area contributed by atoms with E-state index in [1.54, 1.807) is 0 Å². The second-order valence-electron chi connectivity index (χ2n) is 4.98. The van der Waals surface area contributed by atoms with Gasteiger partial charge in [-0.15, -0.1) is 0 Å². The van der Waals surface area contributed by atoms with Gasteiger partial charge in [-0.25, -0.2) is 0 Å². The van der Waals surface area contributed by atoms with Gasteiger partial charge in [0.2, 0.25) is 0 Å². The van der Waals surface area contributed by atoms with Crippen LogP contribution in [0.2, 0.25) is 0 Å². The van der Waals surface area contributed by atoms with Gasteiger partial charge in [0.05, 0.1) is 0 Å². The molecule has 0 amide bonds. The maximum Gasteiger partial charge on any atom is -0.0195 e. The highest BCUT2D eigenvalue weighted by Crippen LogP contribution is 2.47. The largest absolute Gasteiger partial charge is 0.0816 e. The Balaban J connectivity index is 1.90. The molecule has 2 aliphatic carbocycles. The molecule has 0 N–H and O–H groups in total. The molecule has 0 heterocycles. The molecule has 13 heavy (non-hydrogen) atoms. The zero-order valence-corrected chi connectivity index (χ0v) is 9.05. The van der Waals surface area contributed by atoms with Gasteiger partial charge in [-0.1, -0.05) is 38.3 Å². The Bertz CT molecular complexity index is 202. The summed E-state index contributed by atoms with van der Waals surface area (Å²) in [6.07, 6.45) is 11.3. The normalized spacial score (nSPS) is 33.5. The van der Waals surface area contributed by atoms with E-state index < -0.39 is 0 Å². The van der Waals surface area contributed by atoms with E-state index in [0.29, 0.717) is 0 Å². The van der Waals surface area contributed by atoms with E-state index in [2.05, 4.69) is 19.9 Å². The van der Waals surface area contributed by atoms with Gasteiger partial charge in [-0.2, -0.15) is 0 Å². The topological polar surface area (TPSA) is 0 Å². The van der Waals surface area contributed by atoms with Crippen molar-refractivity contribution in [2.45, 2.75) is 52.4 Å². The first kappa shape index (κ1) is 9.30. The lowest BCUT2D eigenvalue weighted by molar-refractivity contribution is 0.499. The molecule has 0 spiro atoms. The lowest BCUT2D eigenvalue weighted by atomic mass is 9.86. The van der Waals surface area contributed by atoms with E-state index in [-0.39, 0.29) is 0 Å². The third-order valence-electron chi connectivity index (χ3n) is 3.93. The molecule has 0 heteroatoms. The van der Waals surface area contributed by atoms with E-state index in [9.17, 15) is 0 Å². The maximum atomic E-state index is 2.61. The summed E-state index contributed by atoms with van der Waals surface area (Å²) in [6, 6.07) is 0. The molecule has 3 unspecified atom stereocenters. The lowest BCUT2D eigenvalue weighted by Crippen LogP contribution is -2.07. The van der Waals surface area contributed by atoms with Crippen LogP contribution in [0.1, 0.15) is 52.4 Å². The molecule has 74 valence electrons. The Labute approximate surface area is 82.4 Å². The lowest BCUT2D eigenvalue weighted by Gasteiger charge is -2.20. The minimum atomic E-state index is 0.884. The van der Waals surface area contributed by atoms with E-state index in [0.717, 1.165) is 17.8 Å². The summed E-state index contributed by atoms with van der Waals surface area (Å²) in [5, 5.41) is 0. The van der Waals surface area contributed by atoms with Gasteiger partial charge in [0.1, 0.15) is 0 Å². The first-order valence-corrected chi connectivity index (χ1v) is 6.03. The molecule has 0 radical (unpaired) electrons. The highest BCUT2D eigenvalue weighted by atomic mass is 14.4. The van der Waals surface area contributed by atoms with Crippen molar-refractivity contribution in [3.63, 3.8) is 0 Å². The first-order chi connectivity index (χ1) is 6.31. The average Bonchev–Trinajstić information content (AvgIpc) is 2.74. The summed E-state index contributed by atoms with van der Waals surface area (Å²) >= 11 is 0. The van der Waals surface area contributed by atoms with Crippen LogP contribution in [0.15, 0.2) is 11.6 Å². The van der Waals surface area contributed by atoms with Crippen LogP contribution in [0.5, 0.6) is 0 Å². The van der Waals surface area contributed by atoms with Crippen molar-refractivity contribution in [3.8, 4) is 0 Å². The van der Waals surface area contributed by atoms with Crippen molar-refractivity contribution >= 4 is 0 Å². The van der Waals surface area contributed by atoms with Crippen molar-refractivity contribution in [1.29, 1.82) is 0 Å². The first-order valence-electron chi connectivity index (χ1n) is 6.03. The zero-order chi connectivity index (χ0) is 9.26. The van der Waals surface area contributed by atoms with Gasteiger partial charge in [-0.3, -0.25) is 0 Å². The SMILES string of the molecule is CCCCC(C)C1=CC2CCC1C2. The van der Waals surface area contributed by atoms with E-state index in [4.69, 9.17) is 0 Å². The quantitative estimate of drug-likeness (QED) is 0.567. The smallest absolute Gasteiger partial charge is 0.0195 e. The van der Waals surface area contributed by atoms with Crippen LogP contribution in [-0.4, -0.2) is 0 Å². The molecule has 0 nitrogen and oxygen atoms in total. The number of hydrogen-bond acceptors (Lipinski definition) is 0. The van der Waals surface area contributed by atoms with Gasteiger partial charge in [0.15, 0.2) is 0 Å². The maximum absolute atomic E-state index is 2.61. The van der Waals surface area contributed by atoms with Gasteiger partial charge >= 0.3 is 0 Å². The fraction of sp³-hybridized carbons (Fsp3) is 0.846. The van der Waals surface area contributed by atoms with Crippen molar-refractivity contribution < 1.29 is 0 Å². The summed E-state index contributed by atoms with van der Waals surface area (Å²) in [5.41, 5.74) is 1.82. The summed E-state index contributed by atoms with van der Waals surface area (Å²) in [6.45, 7) is 4.73. The summed E-state index contributed by atoms with van der Waals surface area (Å²) < 4.78 is 0. The Morgan fingerprint density at radius 3 is 2.85 bits per heavy atom. The molecule has 2 rings (SSSR count). The van der Waals surface area contributed by atoms with Gasteiger partial charge in [0.25, 0.3) is 0 Å². The number of fused-ring (bicyclic) bond motifs is 2. The Morgan fingerprint density at radius 2 is 2.31 bits per heavy atom. The fourth-order valence-electron chi connectivity index (χ4n) is 3.12. The molecule has 1 fully saturated rings. The van der Waals surface area contributed by atoms with Crippen LogP contribution in [0.25, 0.3) is 0 Å². The second-order valence-corrected chi connectivity index (χ2v) is 4.98. The van der Waals surface area contributed by atoms with Crippen LogP contribution in [0.4, 0.5) is 0 Å². The number of rotatable bonds is 4. The van der Waals surface area contributed by atoms with Crippen LogP contribution >= 0.6 is 0 Å². The third kappa shape index (κ3) is 1.82. The molecular formula is C13H22. The zero-order valence-electron chi connectivity index (χ0n) is 9.05. The average molecular weight is 178 g/mol. The van der Waals surface area contributed by atoms with Crippen LogP contribution in [0.3, 0.4) is 0 Å². The van der Waals surface area contributed by atoms with Crippen LogP contribution < -0.4 is 0 Å². The van der Waals surface area contributed by atoms with Gasteiger partial charge in [0, 0.05) is 0 Å². The van der Waals surface area contributed by atoms with Crippen molar-refractivity contribution in [1.82, 2.24) is 0 Å². The van der Waals surface area contributed by atoms with Crippen molar-refractivity contribution in [2.24, 2.45) is 17.8 Å². The Kier molecular flexibility index (Phi) is 2.76. The molecule has 2 aliphatic rings. The molecule has 2 bridgehead atoms. The van der Waals surface area contributed by atoms with Crippen LogP contribution in [0, 0.1) is 17.8 Å². The van der Waals surface area contributed by atoms with E-state index in [1.807, 2.05) is 5.57 Å². The standard InChI is InChI=1S/C13H22/c1-3-4-5-10(2)13-9-11-6-7-12(13)8-11/h9-12H,3-8H2,1-2H3. The number of allylic oxidation sites excluding steroid dienone is 2. The summed E-state index contributed by atoms with van der Waals surface area (Å²) in [4.78, 5) is 0. The summed E-state index contributed by atoms with van der Waals surface area (Å²) in [5.74, 6) is 2.86. The minimum Gasteiger partial charge on any atom is -0.0816 e. The second kappa shape index (κ2) is 3.86. The van der Waals surface area contributed by atoms with Crippen molar-refractivity contribution in [3.05, 3.63) is 11.6 Å². The number of unbranched alkanes of at least 4 members (excludes halogenated alkanes) is 1. The van der Waals surface area contributed by atoms with Gasteiger partial charge in [-0.05, 0) is 43.4 Å². The third-order valence-corrected chi connectivity index (χ3v) is 3.93. The molecule has 3 atom stereocenters. The highest BCUT2D eigenvalue weighted by Gasteiger charge is 2.34. The molecule has 0 saturated heterocycles. The predicted molar refractivity (Wildman–Crippen MR) is 57.6 cm³/mol. The van der Waals surface area contributed by atoms with E-state index >= 15 is 0 Å². The minimum absolute atomic E-state index is 0.884. The monoisotopic (exact) mass is 178 g/mol. The molecular weight excluding hydrogens is 156 g/mol. The molecule has 0 aromatic rings. The fourth-order valence-corrected chi connectivity index (χ4v) is 3.12. The van der Waals surface area contributed by atoms with Crippen LogP contribution in [-0.2, 0) is 0 Å². The molecule has 0 aromatic heterocycles.